The molecule has 0 saturated heterocycles. The zero-order chi connectivity index (χ0) is 25.7. The van der Waals surface area contributed by atoms with E-state index in [1.54, 1.807) is 17.5 Å². The monoisotopic (exact) mass is 568 g/mol. The maximum Gasteiger partial charge on any atom is 0.328 e. The molecule has 4 rings (SSSR count). The Hall–Kier alpha value is -3.96. The first-order chi connectivity index (χ1) is 17.3. The lowest BCUT2D eigenvalue weighted by molar-refractivity contribution is -0.139. The average molecular weight is 569 g/mol. The van der Waals surface area contributed by atoms with Crippen LogP contribution in [0.25, 0.3) is 10.9 Å². The Kier molecular flexibility index (Phi) is 7.81. The lowest BCUT2D eigenvalue weighted by Crippen LogP contribution is -2.48. The van der Waals surface area contributed by atoms with Crippen LogP contribution in [0, 0.1) is 0 Å². The molecule has 3 amide bonds. The van der Waals surface area contributed by atoms with Crippen LogP contribution in [-0.2, 0) is 11.3 Å². The van der Waals surface area contributed by atoms with Crippen molar-refractivity contribution in [1.29, 1.82) is 0 Å². The van der Waals surface area contributed by atoms with Crippen LogP contribution in [0.4, 0.5) is 0 Å². The average Bonchev–Trinajstić information content (AvgIpc) is 3.57. The summed E-state index contributed by atoms with van der Waals surface area (Å²) in [5.74, 6) is -2.70. The Morgan fingerprint density at radius 3 is 2.53 bits per heavy atom. The third-order valence-electron chi connectivity index (χ3n) is 5.42. The molecule has 0 radical (unpaired) electrons. The smallest absolute Gasteiger partial charge is 0.328 e. The van der Waals surface area contributed by atoms with Gasteiger partial charge < -0.3 is 26.0 Å². The van der Waals surface area contributed by atoms with Crippen molar-refractivity contribution in [3.8, 4) is 0 Å². The van der Waals surface area contributed by atoms with Crippen molar-refractivity contribution in [2.75, 3.05) is 6.54 Å². The van der Waals surface area contributed by atoms with E-state index in [1.165, 1.54) is 29.5 Å². The quantitative estimate of drug-likeness (QED) is 0.210. The molecule has 5 N–H and O–H groups in total. The molecule has 36 heavy (non-hydrogen) atoms. The van der Waals surface area contributed by atoms with E-state index in [-0.39, 0.29) is 18.0 Å². The van der Waals surface area contributed by atoms with Gasteiger partial charge in [-0.05, 0) is 63.3 Å². The number of fused-ring (bicyclic) bond motifs is 1. The zero-order valence-electron chi connectivity index (χ0n) is 18.7. The topological polar surface area (TPSA) is 140 Å². The number of rotatable bonds is 9. The molecule has 1 atom stereocenters. The molecular formula is C25H21BrN4O5S. The molecule has 4 aromatic rings. The summed E-state index contributed by atoms with van der Waals surface area (Å²) in [6.07, 6.45) is 1.84. The third-order valence-corrected chi connectivity index (χ3v) is 6.94. The van der Waals surface area contributed by atoms with Gasteiger partial charge >= 0.3 is 5.97 Å². The number of hydrogen-bond acceptors (Lipinski definition) is 5. The predicted molar refractivity (Wildman–Crippen MR) is 139 cm³/mol. The second kappa shape index (κ2) is 11.2. The van der Waals surface area contributed by atoms with Gasteiger partial charge in [0.15, 0.2) is 0 Å². The van der Waals surface area contributed by atoms with Gasteiger partial charge in [-0.2, -0.15) is 0 Å². The lowest BCUT2D eigenvalue weighted by Gasteiger charge is -2.16. The number of aliphatic carboxylic acids is 1. The minimum atomic E-state index is -1.34. The molecule has 2 aromatic carbocycles. The number of thiophene rings is 1. The van der Waals surface area contributed by atoms with E-state index < -0.39 is 23.8 Å². The lowest BCUT2D eigenvalue weighted by atomic mass is 10.1. The molecule has 11 heteroatoms. The number of H-pyrrole nitrogens is 1. The first-order valence-electron chi connectivity index (χ1n) is 10.8. The normalized spacial score (nSPS) is 11.6. The number of nitrogens with one attached hydrogen (secondary N) is 4. The van der Waals surface area contributed by atoms with Crippen molar-refractivity contribution >= 4 is 61.9 Å². The van der Waals surface area contributed by atoms with Gasteiger partial charge in [0, 0.05) is 40.2 Å². The highest BCUT2D eigenvalue weighted by Crippen LogP contribution is 2.20. The third kappa shape index (κ3) is 5.81. The van der Waals surface area contributed by atoms with Crippen LogP contribution in [0.3, 0.4) is 0 Å². The Bertz CT molecular complexity index is 1430. The number of carboxylic acid groups (broad SMARTS) is 1. The van der Waals surface area contributed by atoms with E-state index in [9.17, 15) is 24.3 Å². The van der Waals surface area contributed by atoms with Crippen LogP contribution in [0.5, 0.6) is 0 Å². The zero-order valence-corrected chi connectivity index (χ0v) is 21.1. The summed E-state index contributed by atoms with van der Waals surface area (Å²) < 4.78 is 0.326. The molecule has 0 aliphatic rings. The van der Waals surface area contributed by atoms with Gasteiger partial charge in [-0.25, -0.2) is 4.79 Å². The molecule has 2 heterocycles. The van der Waals surface area contributed by atoms with Crippen molar-refractivity contribution < 1.29 is 24.3 Å². The number of aromatic nitrogens is 1. The van der Waals surface area contributed by atoms with E-state index in [4.69, 9.17) is 0 Å². The number of amides is 3. The molecule has 9 nitrogen and oxygen atoms in total. The summed E-state index contributed by atoms with van der Waals surface area (Å²) in [7, 11) is 0. The maximum absolute atomic E-state index is 12.7. The van der Waals surface area contributed by atoms with Crippen molar-refractivity contribution in [1.82, 2.24) is 20.9 Å². The summed E-state index contributed by atoms with van der Waals surface area (Å²) >= 11 is 4.52. The molecular weight excluding hydrogens is 548 g/mol. The minimum Gasteiger partial charge on any atom is -0.480 e. The van der Waals surface area contributed by atoms with E-state index in [0.29, 0.717) is 21.5 Å². The molecule has 0 bridgehead atoms. The molecule has 0 spiro atoms. The number of carbonyl (C=O) groups is 4. The number of carbonyl (C=O) groups excluding carboxylic acids is 3. The van der Waals surface area contributed by atoms with Gasteiger partial charge in [-0.3, -0.25) is 14.4 Å². The molecule has 184 valence electrons. The molecule has 0 fully saturated rings. The van der Waals surface area contributed by atoms with E-state index in [2.05, 4.69) is 36.9 Å². The highest BCUT2D eigenvalue weighted by Gasteiger charge is 2.23. The first-order valence-corrected chi connectivity index (χ1v) is 12.5. The van der Waals surface area contributed by atoms with Crippen molar-refractivity contribution in [3.63, 3.8) is 0 Å². The summed E-state index contributed by atoms with van der Waals surface area (Å²) in [5, 5.41) is 20.0. The van der Waals surface area contributed by atoms with Gasteiger partial charge in [0.05, 0.1) is 10.4 Å². The van der Waals surface area contributed by atoms with Crippen molar-refractivity contribution in [2.45, 2.75) is 12.6 Å². The Balaban J connectivity index is 1.37. The molecule has 0 saturated carbocycles. The Morgan fingerprint density at radius 1 is 0.972 bits per heavy atom. The summed E-state index contributed by atoms with van der Waals surface area (Å²) in [6.45, 7) is 0.0369. The standard InChI is InChI=1S/C25H21BrN4O5S/c26-18-11-14(22(31)28-12-15-3-1-4-19-16(15)8-9-27-19)6-7-17(18)23(32)30-20(25(34)35)13-29-24(33)21-5-2-10-36-21/h1-11,20,27H,12-13H2,(H,28,31)(H,29,33)(H,30,32)(H,34,35)/t20-/m0/s1. The summed E-state index contributed by atoms with van der Waals surface area (Å²) in [6, 6.07) is 14.1. The number of hydrogen-bond donors (Lipinski definition) is 5. The van der Waals surface area contributed by atoms with E-state index in [0.717, 1.165) is 16.5 Å². The highest BCUT2D eigenvalue weighted by molar-refractivity contribution is 9.10. The van der Waals surface area contributed by atoms with Crippen molar-refractivity contribution in [2.24, 2.45) is 0 Å². The van der Waals surface area contributed by atoms with Gasteiger partial charge in [-0.1, -0.05) is 18.2 Å². The SMILES string of the molecule is O=C(NCc1cccc2[nH]ccc12)c1ccc(C(=O)N[C@@H](CNC(=O)c2cccs2)C(=O)O)c(Br)c1. The van der Waals surface area contributed by atoms with Gasteiger partial charge in [0.2, 0.25) is 0 Å². The Labute approximate surface area is 218 Å². The highest BCUT2D eigenvalue weighted by atomic mass is 79.9. The number of carboxylic acids is 1. The second-order valence-electron chi connectivity index (χ2n) is 7.78. The fourth-order valence-electron chi connectivity index (χ4n) is 3.55. The molecule has 0 aliphatic heterocycles. The van der Waals surface area contributed by atoms with Crippen LogP contribution in [-0.4, -0.2) is 46.4 Å². The number of halogens is 1. The molecule has 0 aliphatic carbocycles. The largest absolute Gasteiger partial charge is 0.480 e. The fourth-order valence-corrected chi connectivity index (χ4v) is 4.75. The van der Waals surface area contributed by atoms with Crippen LogP contribution in [0.15, 0.2) is 70.6 Å². The maximum atomic E-state index is 12.7. The molecule has 0 unspecified atom stereocenters. The number of benzene rings is 2. The van der Waals surface area contributed by atoms with Crippen molar-refractivity contribution in [3.05, 3.63) is 92.2 Å². The van der Waals surface area contributed by atoms with Gasteiger partial charge in [0.1, 0.15) is 6.04 Å². The van der Waals surface area contributed by atoms with E-state index in [1.807, 2.05) is 30.5 Å². The van der Waals surface area contributed by atoms with Crippen LogP contribution in [0.1, 0.15) is 36.0 Å². The summed E-state index contributed by atoms with van der Waals surface area (Å²) in [4.78, 5) is 52.7. The fraction of sp³-hybridized carbons (Fsp3) is 0.120. The minimum absolute atomic E-state index is 0.152. The Morgan fingerprint density at radius 2 is 1.81 bits per heavy atom. The summed E-state index contributed by atoms with van der Waals surface area (Å²) in [5.41, 5.74) is 2.42. The number of aromatic amines is 1. The predicted octanol–water partition coefficient (Wildman–Crippen LogP) is 3.53. The van der Waals surface area contributed by atoms with Crippen LogP contribution >= 0.6 is 27.3 Å². The van der Waals surface area contributed by atoms with Gasteiger partial charge in [-0.15, -0.1) is 11.3 Å². The van der Waals surface area contributed by atoms with Crippen LogP contribution < -0.4 is 16.0 Å². The van der Waals surface area contributed by atoms with Crippen LogP contribution in [0.2, 0.25) is 0 Å². The first kappa shape index (κ1) is 25.1. The van der Waals surface area contributed by atoms with Gasteiger partial charge in [0.25, 0.3) is 17.7 Å². The van der Waals surface area contributed by atoms with E-state index >= 15 is 0 Å². The second-order valence-corrected chi connectivity index (χ2v) is 9.59. The molecule has 2 aromatic heterocycles.